The number of carboxylic acids is 1. The Morgan fingerprint density at radius 1 is 1.33 bits per heavy atom. The highest BCUT2D eigenvalue weighted by Gasteiger charge is 2.31. The van der Waals surface area contributed by atoms with Gasteiger partial charge in [0.2, 0.25) is 5.91 Å². The van der Waals surface area contributed by atoms with Crippen LogP contribution in [0.4, 0.5) is 0 Å². The lowest BCUT2D eigenvalue weighted by molar-refractivity contribution is -0.314. The van der Waals surface area contributed by atoms with Crippen LogP contribution in [0.2, 0.25) is 0 Å². The molecular formula is C11H16NO3-. The van der Waals surface area contributed by atoms with Gasteiger partial charge in [0.25, 0.3) is 0 Å². The van der Waals surface area contributed by atoms with E-state index in [4.69, 9.17) is 0 Å². The number of nitrogens with one attached hydrogen (secondary N) is 1. The zero-order chi connectivity index (χ0) is 11.3. The lowest BCUT2D eigenvalue weighted by Crippen LogP contribution is -2.44. The third kappa shape index (κ3) is 3.08. The van der Waals surface area contributed by atoms with E-state index >= 15 is 0 Å². The molecule has 84 valence electrons. The van der Waals surface area contributed by atoms with Gasteiger partial charge in [0.05, 0.1) is 0 Å². The molecule has 4 heteroatoms. The van der Waals surface area contributed by atoms with Gasteiger partial charge in [0.1, 0.15) is 0 Å². The number of hydrogen-bond acceptors (Lipinski definition) is 3. The van der Waals surface area contributed by atoms with Crippen LogP contribution in [-0.2, 0) is 9.59 Å². The Labute approximate surface area is 89.4 Å². The zero-order valence-corrected chi connectivity index (χ0v) is 8.70. The summed E-state index contributed by atoms with van der Waals surface area (Å²) >= 11 is 0. The van der Waals surface area contributed by atoms with E-state index in [1.807, 2.05) is 0 Å². The number of amides is 1. The summed E-state index contributed by atoms with van der Waals surface area (Å²) in [5.74, 6) is -2.34. The first kappa shape index (κ1) is 11.8. The highest BCUT2D eigenvalue weighted by atomic mass is 16.4. The van der Waals surface area contributed by atoms with E-state index < -0.39 is 17.8 Å². The van der Waals surface area contributed by atoms with E-state index in [1.165, 1.54) is 0 Å². The smallest absolute Gasteiger partial charge is 0.224 e. The van der Waals surface area contributed by atoms with Crippen molar-refractivity contribution in [1.82, 2.24) is 5.32 Å². The number of carboxylic acid groups (broad SMARTS) is 1. The quantitative estimate of drug-likeness (QED) is 0.656. The van der Waals surface area contributed by atoms with Gasteiger partial charge in [-0.2, -0.15) is 0 Å². The molecule has 0 spiro atoms. The lowest BCUT2D eigenvalue weighted by Gasteiger charge is -2.30. The van der Waals surface area contributed by atoms with Crippen LogP contribution in [0, 0.1) is 11.8 Å². The Balaban J connectivity index is 2.58. The second-order valence-electron chi connectivity index (χ2n) is 3.85. The standard InChI is InChI=1S/C11H17NO3/c1-2-7-12-10(13)8-5-3-4-6-9(8)11(14)15/h2,8-9H,1,3-7H2,(H,12,13)(H,14,15)/p-1/t8-,9-/m0/s1. The van der Waals surface area contributed by atoms with Crippen molar-refractivity contribution in [2.45, 2.75) is 25.7 Å². The third-order valence-corrected chi connectivity index (χ3v) is 2.83. The van der Waals surface area contributed by atoms with Crippen molar-refractivity contribution in [2.75, 3.05) is 6.54 Å². The van der Waals surface area contributed by atoms with E-state index in [0.29, 0.717) is 19.4 Å². The highest BCUT2D eigenvalue weighted by molar-refractivity contribution is 5.84. The number of carbonyl (C=O) groups excluding carboxylic acids is 2. The molecule has 0 saturated heterocycles. The van der Waals surface area contributed by atoms with Gasteiger partial charge in [-0.05, 0) is 12.8 Å². The molecular weight excluding hydrogens is 194 g/mol. The topological polar surface area (TPSA) is 69.2 Å². The molecule has 1 amide bonds. The van der Waals surface area contributed by atoms with Crippen molar-refractivity contribution in [3.8, 4) is 0 Å². The molecule has 0 aromatic carbocycles. The number of rotatable bonds is 4. The maximum Gasteiger partial charge on any atom is 0.224 e. The van der Waals surface area contributed by atoms with Crippen molar-refractivity contribution in [3.63, 3.8) is 0 Å². The normalized spacial score (nSPS) is 25.6. The van der Waals surface area contributed by atoms with Crippen molar-refractivity contribution in [3.05, 3.63) is 12.7 Å². The van der Waals surface area contributed by atoms with Crippen LogP contribution in [0.15, 0.2) is 12.7 Å². The van der Waals surface area contributed by atoms with Gasteiger partial charge < -0.3 is 15.2 Å². The fraction of sp³-hybridized carbons (Fsp3) is 0.636. The van der Waals surface area contributed by atoms with Gasteiger partial charge in [0, 0.05) is 24.3 Å². The van der Waals surface area contributed by atoms with Gasteiger partial charge in [-0.25, -0.2) is 0 Å². The molecule has 1 saturated carbocycles. The third-order valence-electron chi connectivity index (χ3n) is 2.83. The predicted molar refractivity (Wildman–Crippen MR) is 53.7 cm³/mol. The summed E-state index contributed by atoms with van der Waals surface area (Å²) in [4.78, 5) is 22.5. The minimum absolute atomic E-state index is 0.191. The van der Waals surface area contributed by atoms with Crippen molar-refractivity contribution in [1.29, 1.82) is 0 Å². The average molecular weight is 210 g/mol. The summed E-state index contributed by atoms with van der Waals surface area (Å²) in [6.45, 7) is 3.87. The van der Waals surface area contributed by atoms with Crippen LogP contribution < -0.4 is 10.4 Å². The van der Waals surface area contributed by atoms with Crippen LogP contribution >= 0.6 is 0 Å². The maximum atomic E-state index is 11.6. The Kier molecular flexibility index (Phi) is 4.34. The second-order valence-corrected chi connectivity index (χ2v) is 3.85. The monoisotopic (exact) mass is 210 g/mol. The first-order chi connectivity index (χ1) is 7.16. The van der Waals surface area contributed by atoms with E-state index in [1.54, 1.807) is 6.08 Å². The molecule has 0 unspecified atom stereocenters. The number of carbonyl (C=O) groups is 2. The maximum absolute atomic E-state index is 11.6. The van der Waals surface area contributed by atoms with Gasteiger partial charge >= 0.3 is 0 Å². The van der Waals surface area contributed by atoms with E-state index in [0.717, 1.165) is 12.8 Å². The Hall–Kier alpha value is -1.32. The molecule has 0 aromatic rings. The molecule has 4 nitrogen and oxygen atoms in total. The molecule has 1 rings (SSSR count). The molecule has 15 heavy (non-hydrogen) atoms. The molecule has 1 aliphatic carbocycles. The Morgan fingerprint density at radius 3 is 2.47 bits per heavy atom. The van der Waals surface area contributed by atoms with Crippen LogP contribution in [0.5, 0.6) is 0 Å². The summed E-state index contributed by atoms with van der Waals surface area (Å²) in [5, 5.41) is 13.5. The Morgan fingerprint density at radius 2 is 1.93 bits per heavy atom. The first-order valence-electron chi connectivity index (χ1n) is 5.26. The summed E-state index contributed by atoms with van der Waals surface area (Å²) in [6, 6.07) is 0. The summed E-state index contributed by atoms with van der Waals surface area (Å²) < 4.78 is 0. The van der Waals surface area contributed by atoms with Crippen LogP contribution in [0.1, 0.15) is 25.7 Å². The van der Waals surface area contributed by atoms with Crippen LogP contribution in [0.3, 0.4) is 0 Å². The summed E-state index contributed by atoms with van der Waals surface area (Å²) in [7, 11) is 0. The second kappa shape index (κ2) is 5.53. The molecule has 2 atom stereocenters. The highest BCUT2D eigenvalue weighted by Crippen LogP contribution is 2.29. The van der Waals surface area contributed by atoms with Crippen molar-refractivity contribution >= 4 is 11.9 Å². The van der Waals surface area contributed by atoms with E-state index in [9.17, 15) is 14.7 Å². The molecule has 1 aliphatic rings. The summed E-state index contributed by atoms with van der Waals surface area (Å²) in [6.07, 6.45) is 4.55. The molecule has 0 heterocycles. The molecule has 0 aliphatic heterocycles. The predicted octanol–water partition coefficient (Wildman–Crippen LogP) is -0.155. The van der Waals surface area contributed by atoms with Crippen molar-refractivity contribution in [2.24, 2.45) is 11.8 Å². The largest absolute Gasteiger partial charge is 0.550 e. The minimum Gasteiger partial charge on any atom is -0.550 e. The van der Waals surface area contributed by atoms with E-state index in [-0.39, 0.29) is 5.91 Å². The van der Waals surface area contributed by atoms with Gasteiger partial charge in [-0.3, -0.25) is 4.79 Å². The molecule has 0 aromatic heterocycles. The summed E-state index contributed by atoms with van der Waals surface area (Å²) in [5.41, 5.74) is 0. The lowest BCUT2D eigenvalue weighted by atomic mass is 9.79. The Bertz CT molecular complexity index is 263. The molecule has 0 bridgehead atoms. The fourth-order valence-corrected chi connectivity index (χ4v) is 2.03. The van der Waals surface area contributed by atoms with E-state index in [2.05, 4.69) is 11.9 Å². The van der Waals surface area contributed by atoms with Gasteiger partial charge in [-0.1, -0.05) is 18.9 Å². The SMILES string of the molecule is C=CCNC(=O)[C@H]1CCCC[C@@H]1C(=O)[O-]. The minimum atomic E-state index is -1.10. The van der Waals surface area contributed by atoms with Crippen molar-refractivity contribution < 1.29 is 14.7 Å². The number of aliphatic carboxylic acids is 1. The first-order valence-corrected chi connectivity index (χ1v) is 5.26. The molecule has 0 radical (unpaired) electrons. The van der Waals surface area contributed by atoms with Crippen LogP contribution in [-0.4, -0.2) is 18.4 Å². The van der Waals surface area contributed by atoms with Gasteiger partial charge in [-0.15, -0.1) is 6.58 Å². The van der Waals surface area contributed by atoms with Gasteiger partial charge in [0.15, 0.2) is 0 Å². The fourth-order valence-electron chi connectivity index (χ4n) is 2.03. The average Bonchev–Trinajstić information content (AvgIpc) is 2.25. The molecule has 1 N–H and O–H groups in total. The zero-order valence-electron chi connectivity index (χ0n) is 8.70. The number of hydrogen-bond donors (Lipinski definition) is 1. The molecule has 1 fully saturated rings. The van der Waals surface area contributed by atoms with Crippen LogP contribution in [0.25, 0.3) is 0 Å².